The largest absolute Gasteiger partial charge is 0.573 e. The second-order valence-electron chi connectivity index (χ2n) is 6.01. The third-order valence-electron chi connectivity index (χ3n) is 3.94. The first-order valence-corrected chi connectivity index (χ1v) is 8.51. The maximum absolute atomic E-state index is 12.3. The van der Waals surface area contributed by atoms with Crippen LogP contribution in [0.3, 0.4) is 0 Å². The minimum atomic E-state index is -4.72. The molecule has 1 N–H and O–H groups in total. The molecule has 2 aromatic carbocycles. The molecule has 29 heavy (non-hydrogen) atoms. The van der Waals surface area contributed by atoms with E-state index in [0.29, 0.717) is 28.1 Å². The normalized spacial score (nSPS) is 11.4. The second-order valence-corrected chi connectivity index (χ2v) is 6.01. The summed E-state index contributed by atoms with van der Waals surface area (Å²) in [5.41, 5.74) is 1.94. The quantitative estimate of drug-likeness (QED) is 0.464. The van der Waals surface area contributed by atoms with Gasteiger partial charge < -0.3 is 19.3 Å². The lowest BCUT2D eigenvalue weighted by molar-refractivity contribution is -0.274. The molecule has 0 bridgehead atoms. The average Bonchev–Trinajstić information content (AvgIpc) is 3.11. The molecule has 0 saturated carbocycles. The molecule has 0 spiro atoms. The van der Waals surface area contributed by atoms with Crippen molar-refractivity contribution in [3.8, 4) is 11.5 Å². The van der Waals surface area contributed by atoms with Gasteiger partial charge in [0.25, 0.3) is 0 Å². The van der Waals surface area contributed by atoms with Gasteiger partial charge in [0.2, 0.25) is 0 Å². The number of nitrogens with one attached hydrogen (secondary N) is 1. The fourth-order valence-corrected chi connectivity index (χ4v) is 2.69. The fourth-order valence-electron chi connectivity index (χ4n) is 2.69. The van der Waals surface area contributed by atoms with Crippen molar-refractivity contribution in [2.24, 2.45) is 0 Å². The van der Waals surface area contributed by atoms with Crippen molar-refractivity contribution < 1.29 is 27.2 Å². The number of hydrogen-bond acceptors (Lipinski definition) is 6. The Kier molecular flexibility index (Phi) is 4.94. The molecule has 0 aliphatic heterocycles. The Balaban J connectivity index is 1.51. The van der Waals surface area contributed by atoms with Crippen molar-refractivity contribution in [1.82, 2.24) is 10.1 Å². The fraction of sp³-hybridized carbons (Fsp3) is 0.100. The summed E-state index contributed by atoms with van der Waals surface area (Å²) in [6, 6.07) is 14.4. The Labute approximate surface area is 162 Å². The molecule has 148 valence electrons. The predicted octanol–water partition coefficient (Wildman–Crippen LogP) is 5.44. The Morgan fingerprint density at radius 3 is 2.55 bits per heavy atom. The van der Waals surface area contributed by atoms with Crippen LogP contribution >= 0.6 is 0 Å². The van der Waals surface area contributed by atoms with Gasteiger partial charge >= 0.3 is 6.36 Å². The second kappa shape index (κ2) is 7.70. The van der Waals surface area contributed by atoms with Crippen molar-refractivity contribution in [2.45, 2.75) is 13.0 Å². The zero-order valence-corrected chi connectivity index (χ0v) is 14.8. The Bertz CT molecular complexity index is 1100. The average molecular weight is 401 g/mol. The molecule has 0 atom stereocenters. The first kappa shape index (κ1) is 18.6. The van der Waals surface area contributed by atoms with Crippen LogP contribution < -0.4 is 14.8 Å². The molecule has 9 heteroatoms. The van der Waals surface area contributed by atoms with E-state index >= 15 is 0 Å². The number of fused-ring (bicyclic) bond motifs is 1. The summed E-state index contributed by atoms with van der Waals surface area (Å²) in [5.74, 6) is 0.702. The summed E-state index contributed by atoms with van der Waals surface area (Å²) >= 11 is 0. The molecule has 2 heterocycles. The number of halogens is 3. The van der Waals surface area contributed by atoms with Gasteiger partial charge in [-0.3, -0.25) is 4.98 Å². The van der Waals surface area contributed by atoms with Gasteiger partial charge in [-0.1, -0.05) is 23.4 Å². The SMILES string of the molecule is FC(F)(F)Oc1ccc(COc2cccc3onc(Nc4cccnc4)c23)cc1. The molecule has 6 nitrogen and oxygen atoms in total. The molecule has 0 fully saturated rings. The standard InChI is InChI=1S/C20H14F3N3O3/c21-20(22,23)28-15-8-6-13(7-9-15)12-27-16-4-1-5-17-18(16)19(26-29-17)25-14-3-2-10-24-11-14/h1-11H,12H2,(H,25,26). The van der Waals surface area contributed by atoms with Gasteiger partial charge in [-0.05, 0) is 42.0 Å². The molecule has 0 aliphatic rings. The topological polar surface area (TPSA) is 69.4 Å². The molecule has 0 unspecified atom stereocenters. The van der Waals surface area contributed by atoms with Gasteiger partial charge in [-0.2, -0.15) is 0 Å². The highest BCUT2D eigenvalue weighted by Crippen LogP contribution is 2.34. The number of benzene rings is 2. The summed E-state index contributed by atoms with van der Waals surface area (Å²) in [4.78, 5) is 4.04. The van der Waals surface area contributed by atoms with Gasteiger partial charge in [-0.15, -0.1) is 13.2 Å². The van der Waals surface area contributed by atoms with Crippen LogP contribution in [0.25, 0.3) is 11.0 Å². The van der Waals surface area contributed by atoms with Gasteiger partial charge in [-0.25, -0.2) is 0 Å². The van der Waals surface area contributed by atoms with Crippen molar-refractivity contribution in [1.29, 1.82) is 0 Å². The summed E-state index contributed by atoms with van der Waals surface area (Å²) in [7, 11) is 0. The van der Waals surface area contributed by atoms with E-state index in [-0.39, 0.29) is 12.4 Å². The zero-order chi connectivity index (χ0) is 20.3. The first-order valence-electron chi connectivity index (χ1n) is 8.51. The lowest BCUT2D eigenvalue weighted by atomic mass is 10.2. The third-order valence-corrected chi connectivity index (χ3v) is 3.94. The molecule has 4 rings (SSSR count). The highest BCUT2D eigenvalue weighted by atomic mass is 19.4. The van der Waals surface area contributed by atoms with Gasteiger partial charge in [0.1, 0.15) is 23.5 Å². The van der Waals surface area contributed by atoms with Crippen LogP contribution in [-0.2, 0) is 6.61 Å². The van der Waals surface area contributed by atoms with Crippen LogP contribution in [0.4, 0.5) is 24.7 Å². The lowest BCUT2D eigenvalue weighted by Crippen LogP contribution is -2.17. The summed E-state index contributed by atoms with van der Waals surface area (Å²) in [6.45, 7) is 0.142. The van der Waals surface area contributed by atoms with Gasteiger partial charge in [0.05, 0.1) is 11.9 Å². The predicted molar refractivity (Wildman–Crippen MR) is 99.0 cm³/mol. The van der Waals surface area contributed by atoms with E-state index in [1.165, 1.54) is 24.3 Å². The first-order chi connectivity index (χ1) is 14.0. The van der Waals surface area contributed by atoms with Crippen LogP contribution in [0, 0.1) is 0 Å². The summed E-state index contributed by atoms with van der Waals surface area (Å²) < 4.78 is 51.8. The number of pyridine rings is 1. The molecule has 0 radical (unpaired) electrons. The van der Waals surface area contributed by atoms with E-state index in [4.69, 9.17) is 9.26 Å². The highest BCUT2D eigenvalue weighted by Gasteiger charge is 2.30. The van der Waals surface area contributed by atoms with E-state index in [1.807, 2.05) is 6.07 Å². The molecule has 4 aromatic rings. The summed E-state index contributed by atoms with van der Waals surface area (Å²) in [5, 5.41) is 7.81. The zero-order valence-electron chi connectivity index (χ0n) is 14.8. The monoisotopic (exact) mass is 401 g/mol. The lowest BCUT2D eigenvalue weighted by Gasteiger charge is -2.11. The van der Waals surface area contributed by atoms with Crippen LogP contribution in [0.2, 0.25) is 0 Å². The van der Waals surface area contributed by atoms with E-state index in [9.17, 15) is 13.2 Å². The molecular weight excluding hydrogens is 387 g/mol. The van der Waals surface area contributed by atoms with Crippen molar-refractivity contribution in [3.05, 3.63) is 72.6 Å². The molecule has 0 amide bonds. The van der Waals surface area contributed by atoms with Crippen LogP contribution in [0.15, 0.2) is 71.5 Å². The van der Waals surface area contributed by atoms with E-state index in [0.717, 1.165) is 5.69 Å². The number of nitrogens with zero attached hydrogens (tertiary/aromatic N) is 2. The van der Waals surface area contributed by atoms with Crippen molar-refractivity contribution in [3.63, 3.8) is 0 Å². The smallest absolute Gasteiger partial charge is 0.488 e. The maximum atomic E-state index is 12.3. The van der Waals surface area contributed by atoms with Crippen molar-refractivity contribution in [2.75, 3.05) is 5.32 Å². The van der Waals surface area contributed by atoms with Gasteiger partial charge in [0.15, 0.2) is 11.4 Å². The van der Waals surface area contributed by atoms with Crippen LogP contribution in [0.5, 0.6) is 11.5 Å². The highest BCUT2D eigenvalue weighted by molar-refractivity contribution is 5.95. The maximum Gasteiger partial charge on any atom is 0.573 e. The number of anilines is 2. The molecular formula is C20H14F3N3O3. The molecule has 0 saturated heterocycles. The number of aromatic nitrogens is 2. The number of ether oxygens (including phenoxy) is 2. The van der Waals surface area contributed by atoms with Crippen LogP contribution in [-0.4, -0.2) is 16.5 Å². The van der Waals surface area contributed by atoms with Crippen molar-refractivity contribution >= 4 is 22.5 Å². The van der Waals surface area contributed by atoms with E-state index in [1.54, 1.807) is 36.7 Å². The van der Waals surface area contributed by atoms with Crippen LogP contribution in [0.1, 0.15) is 5.56 Å². The molecule has 0 aliphatic carbocycles. The van der Waals surface area contributed by atoms with E-state index in [2.05, 4.69) is 20.2 Å². The number of hydrogen-bond donors (Lipinski definition) is 1. The number of alkyl halides is 3. The third kappa shape index (κ3) is 4.57. The minimum Gasteiger partial charge on any atom is -0.488 e. The Morgan fingerprint density at radius 1 is 1.00 bits per heavy atom. The molecule has 2 aromatic heterocycles. The Hall–Kier alpha value is -3.75. The van der Waals surface area contributed by atoms with E-state index < -0.39 is 6.36 Å². The van der Waals surface area contributed by atoms with Gasteiger partial charge in [0, 0.05) is 6.20 Å². The minimum absolute atomic E-state index is 0.142. The number of rotatable bonds is 6. The Morgan fingerprint density at radius 2 is 1.83 bits per heavy atom. The summed E-state index contributed by atoms with van der Waals surface area (Å²) in [6.07, 6.45) is -1.42.